The second kappa shape index (κ2) is 9.61. The van der Waals surface area contributed by atoms with Gasteiger partial charge in [-0.2, -0.15) is 0 Å². The number of nitrogens with zero attached hydrogens (tertiary/aromatic N) is 2. The topological polar surface area (TPSA) is 111 Å². The van der Waals surface area contributed by atoms with E-state index in [1.807, 2.05) is 0 Å². The number of ether oxygens (including phenoxy) is 2. The minimum absolute atomic E-state index is 0.0284. The van der Waals surface area contributed by atoms with E-state index in [0.29, 0.717) is 22.7 Å². The molecule has 0 unspecified atom stereocenters. The number of carbonyl (C=O) groups excluding carboxylic acids is 2. The van der Waals surface area contributed by atoms with Gasteiger partial charge in [0.05, 0.1) is 17.6 Å². The van der Waals surface area contributed by atoms with Crippen molar-refractivity contribution < 1.29 is 24.0 Å². The average Bonchev–Trinajstić information content (AvgIpc) is 2.79. The third kappa shape index (κ3) is 5.20. The second-order valence-corrected chi connectivity index (χ2v) is 6.95. The number of nitro benzene ring substituents is 1. The molecule has 0 saturated heterocycles. The molecule has 32 heavy (non-hydrogen) atoms. The molecule has 3 aromatic rings. The van der Waals surface area contributed by atoms with Gasteiger partial charge < -0.3 is 19.7 Å². The average molecular weight is 435 g/mol. The molecule has 0 radical (unpaired) electrons. The Morgan fingerprint density at radius 2 is 1.66 bits per heavy atom. The van der Waals surface area contributed by atoms with Crippen LogP contribution >= 0.6 is 0 Å². The zero-order chi connectivity index (χ0) is 23.3. The number of carbonyl (C=O) groups is 2. The zero-order valence-corrected chi connectivity index (χ0v) is 17.7. The Morgan fingerprint density at radius 1 is 0.969 bits per heavy atom. The fourth-order valence-corrected chi connectivity index (χ4v) is 2.86. The molecule has 0 aliphatic heterocycles. The van der Waals surface area contributed by atoms with E-state index in [-0.39, 0.29) is 22.9 Å². The van der Waals surface area contributed by atoms with E-state index in [2.05, 4.69) is 5.32 Å². The molecule has 0 bridgehead atoms. The van der Waals surface area contributed by atoms with Crippen molar-refractivity contribution in [3.8, 4) is 17.2 Å². The molecule has 9 nitrogen and oxygen atoms in total. The van der Waals surface area contributed by atoms with Gasteiger partial charge in [-0.15, -0.1) is 0 Å². The number of rotatable bonds is 7. The van der Waals surface area contributed by atoms with Crippen LogP contribution in [0.3, 0.4) is 0 Å². The van der Waals surface area contributed by atoms with Crippen LogP contribution in [0.15, 0.2) is 66.7 Å². The summed E-state index contributed by atoms with van der Waals surface area (Å²) in [6.45, 7) is 0. The number of methoxy groups -OCH3 is 1. The molecule has 0 heterocycles. The monoisotopic (exact) mass is 435 g/mol. The van der Waals surface area contributed by atoms with E-state index in [1.54, 1.807) is 56.6 Å². The van der Waals surface area contributed by atoms with Crippen LogP contribution in [0.1, 0.15) is 20.7 Å². The van der Waals surface area contributed by atoms with Crippen LogP contribution in [0.5, 0.6) is 17.2 Å². The lowest BCUT2D eigenvalue weighted by atomic mass is 10.1. The first kappa shape index (κ1) is 22.3. The van der Waals surface area contributed by atoms with Gasteiger partial charge in [0.1, 0.15) is 17.2 Å². The minimum atomic E-state index is -0.619. The Morgan fingerprint density at radius 3 is 2.28 bits per heavy atom. The van der Waals surface area contributed by atoms with Crippen molar-refractivity contribution in [2.24, 2.45) is 0 Å². The smallest absolute Gasteiger partial charge is 0.270 e. The van der Waals surface area contributed by atoms with E-state index < -0.39 is 10.8 Å². The summed E-state index contributed by atoms with van der Waals surface area (Å²) in [5.41, 5.74) is 0.472. The molecular formula is C23H21N3O6. The maximum Gasteiger partial charge on any atom is 0.270 e. The van der Waals surface area contributed by atoms with Gasteiger partial charge in [0.15, 0.2) is 0 Å². The van der Waals surface area contributed by atoms with Gasteiger partial charge in [-0.05, 0) is 48.5 Å². The first-order valence-corrected chi connectivity index (χ1v) is 9.52. The normalized spacial score (nSPS) is 10.2. The SMILES string of the molecule is COc1ccc(Oc2ccc([N+](=O)[O-])cc2C(=O)Nc2cccc(C(=O)N(C)C)c2)cc1. The van der Waals surface area contributed by atoms with Crippen LogP contribution in [0.25, 0.3) is 0 Å². The molecule has 3 aromatic carbocycles. The summed E-state index contributed by atoms with van der Waals surface area (Å²) in [5, 5.41) is 13.9. The van der Waals surface area contributed by atoms with Crippen molar-refractivity contribution in [3.05, 3.63) is 88.0 Å². The summed E-state index contributed by atoms with van der Waals surface area (Å²) in [5.74, 6) is 0.351. The first-order chi connectivity index (χ1) is 15.3. The molecular weight excluding hydrogens is 414 g/mol. The van der Waals surface area contributed by atoms with Gasteiger partial charge in [-0.3, -0.25) is 19.7 Å². The first-order valence-electron chi connectivity index (χ1n) is 9.52. The van der Waals surface area contributed by atoms with Crippen LogP contribution in [0, 0.1) is 10.1 Å². The second-order valence-electron chi connectivity index (χ2n) is 6.95. The summed E-state index contributed by atoms with van der Waals surface area (Å²) in [6, 6.07) is 16.8. The number of hydrogen-bond donors (Lipinski definition) is 1. The molecule has 0 saturated carbocycles. The zero-order valence-electron chi connectivity index (χ0n) is 17.7. The van der Waals surface area contributed by atoms with Crippen molar-refractivity contribution in [1.29, 1.82) is 0 Å². The maximum absolute atomic E-state index is 13.0. The third-order valence-corrected chi connectivity index (χ3v) is 4.48. The van der Waals surface area contributed by atoms with Crippen LogP contribution in [0.4, 0.5) is 11.4 Å². The predicted octanol–water partition coefficient (Wildman–Crippen LogP) is 4.35. The molecule has 0 aromatic heterocycles. The Kier molecular flexibility index (Phi) is 6.69. The highest BCUT2D eigenvalue weighted by molar-refractivity contribution is 6.07. The highest BCUT2D eigenvalue weighted by atomic mass is 16.6. The van der Waals surface area contributed by atoms with Crippen molar-refractivity contribution in [1.82, 2.24) is 4.90 Å². The van der Waals surface area contributed by atoms with Crippen LogP contribution in [0.2, 0.25) is 0 Å². The Bertz CT molecular complexity index is 1160. The van der Waals surface area contributed by atoms with E-state index in [9.17, 15) is 19.7 Å². The fraction of sp³-hybridized carbons (Fsp3) is 0.130. The summed E-state index contributed by atoms with van der Waals surface area (Å²) in [7, 11) is 4.79. The van der Waals surface area contributed by atoms with Crippen molar-refractivity contribution in [2.75, 3.05) is 26.5 Å². The predicted molar refractivity (Wildman–Crippen MR) is 119 cm³/mol. The van der Waals surface area contributed by atoms with Crippen LogP contribution < -0.4 is 14.8 Å². The van der Waals surface area contributed by atoms with E-state index in [0.717, 1.165) is 6.07 Å². The third-order valence-electron chi connectivity index (χ3n) is 4.48. The molecule has 1 N–H and O–H groups in total. The van der Waals surface area contributed by atoms with Gasteiger partial charge in [0.2, 0.25) is 0 Å². The molecule has 0 aliphatic rings. The molecule has 2 amide bonds. The number of non-ortho nitro benzene ring substituents is 1. The largest absolute Gasteiger partial charge is 0.497 e. The molecule has 0 spiro atoms. The quantitative estimate of drug-likeness (QED) is 0.436. The lowest BCUT2D eigenvalue weighted by molar-refractivity contribution is -0.384. The Hall–Kier alpha value is -4.40. The van der Waals surface area contributed by atoms with E-state index in [4.69, 9.17) is 9.47 Å². The van der Waals surface area contributed by atoms with Gasteiger partial charge in [0.25, 0.3) is 17.5 Å². The highest BCUT2D eigenvalue weighted by Gasteiger charge is 2.19. The number of benzene rings is 3. The number of nitrogens with one attached hydrogen (secondary N) is 1. The number of hydrogen-bond acceptors (Lipinski definition) is 6. The van der Waals surface area contributed by atoms with Gasteiger partial charge in [0, 0.05) is 37.5 Å². The summed E-state index contributed by atoms with van der Waals surface area (Å²) >= 11 is 0. The Balaban J connectivity index is 1.91. The Labute approximate surface area is 184 Å². The fourth-order valence-electron chi connectivity index (χ4n) is 2.86. The van der Waals surface area contributed by atoms with Crippen LogP contribution in [-0.4, -0.2) is 42.8 Å². The van der Waals surface area contributed by atoms with Gasteiger partial charge >= 0.3 is 0 Å². The van der Waals surface area contributed by atoms with Crippen molar-refractivity contribution in [3.63, 3.8) is 0 Å². The number of nitro groups is 1. The molecule has 0 fully saturated rings. The summed E-state index contributed by atoms with van der Waals surface area (Å²) in [4.78, 5) is 37.2. The molecule has 0 atom stereocenters. The van der Waals surface area contributed by atoms with Crippen molar-refractivity contribution in [2.45, 2.75) is 0 Å². The van der Waals surface area contributed by atoms with Crippen LogP contribution in [-0.2, 0) is 0 Å². The molecule has 164 valence electrons. The molecule has 9 heteroatoms. The minimum Gasteiger partial charge on any atom is -0.497 e. The summed E-state index contributed by atoms with van der Waals surface area (Å²) < 4.78 is 10.9. The summed E-state index contributed by atoms with van der Waals surface area (Å²) in [6.07, 6.45) is 0. The van der Waals surface area contributed by atoms with E-state index >= 15 is 0 Å². The van der Waals surface area contributed by atoms with Gasteiger partial charge in [-0.1, -0.05) is 6.07 Å². The van der Waals surface area contributed by atoms with E-state index in [1.165, 1.54) is 30.2 Å². The lowest BCUT2D eigenvalue weighted by Crippen LogP contribution is -2.22. The lowest BCUT2D eigenvalue weighted by Gasteiger charge is -2.13. The van der Waals surface area contributed by atoms with Gasteiger partial charge in [-0.25, -0.2) is 0 Å². The molecule has 3 rings (SSSR count). The standard InChI is InChI=1S/C23H21N3O6/c1-25(2)23(28)15-5-4-6-16(13-15)24-22(27)20-14-17(26(29)30)7-12-21(20)32-19-10-8-18(31-3)9-11-19/h4-14H,1-3H3,(H,24,27). The highest BCUT2D eigenvalue weighted by Crippen LogP contribution is 2.30. The maximum atomic E-state index is 13.0. The number of anilines is 1. The number of amides is 2. The van der Waals surface area contributed by atoms with Crippen molar-refractivity contribution >= 4 is 23.2 Å². The molecule has 0 aliphatic carbocycles.